The molecule has 3 heteroatoms. The van der Waals surface area contributed by atoms with Crippen LogP contribution in [0.3, 0.4) is 0 Å². The van der Waals surface area contributed by atoms with E-state index in [9.17, 15) is 5.11 Å². The van der Waals surface area contributed by atoms with E-state index in [0.717, 1.165) is 30.0 Å². The summed E-state index contributed by atoms with van der Waals surface area (Å²) >= 11 is 0. The second-order valence-corrected chi connectivity index (χ2v) is 4.86. The lowest BCUT2D eigenvalue weighted by molar-refractivity contribution is 0.394. The first-order chi connectivity index (χ1) is 8.24. The average molecular weight is 228 g/mol. The Hall–Kier alpha value is -1.77. The van der Waals surface area contributed by atoms with Gasteiger partial charge in [0, 0.05) is 24.7 Å². The van der Waals surface area contributed by atoms with Crippen LogP contribution in [0.15, 0.2) is 30.5 Å². The van der Waals surface area contributed by atoms with Crippen molar-refractivity contribution in [2.75, 3.05) is 0 Å². The van der Waals surface area contributed by atoms with Gasteiger partial charge in [-0.15, -0.1) is 0 Å². The van der Waals surface area contributed by atoms with Gasteiger partial charge in [-0.2, -0.15) is 0 Å². The third-order valence-electron chi connectivity index (χ3n) is 3.41. The van der Waals surface area contributed by atoms with Crippen molar-refractivity contribution in [2.24, 2.45) is 5.92 Å². The van der Waals surface area contributed by atoms with Crippen molar-refractivity contribution >= 4 is 0 Å². The molecule has 0 aliphatic carbocycles. The highest BCUT2D eigenvalue weighted by molar-refractivity contribution is 5.66. The van der Waals surface area contributed by atoms with Crippen molar-refractivity contribution in [3.05, 3.63) is 36.3 Å². The molecule has 0 radical (unpaired) electrons. The molecular formula is C14H16N2O. The summed E-state index contributed by atoms with van der Waals surface area (Å²) in [5.41, 5.74) is 1.70. The second-order valence-electron chi connectivity index (χ2n) is 4.86. The minimum Gasteiger partial charge on any atom is -0.507 e. The van der Waals surface area contributed by atoms with E-state index < -0.39 is 0 Å². The number of imidazole rings is 1. The standard InChI is InChI=1S/C14H16N2O/c1-10-6-7-14-15-12(9-16(14)8-10)11-4-2-3-5-13(11)17/h2-5,9-10,17H,6-8H2,1H3. The van der Waals surface area contributed by atoms with Crippen LogP contribution < -0.4 is 0 Å². The Morgan fingerprint density at radius 1 is 1.35 bits per heavy atom. The van der Waals surface area contributed by atoms with Gasteiger partial charge in [0.25, 0.3) is 0 Å². The maximum atomic E-state index is 9.83. The van der Waals surface area contributed by atoms with Gasteiger partial charge in [-0.3, -0.25) is 0 Å². The fraction of sp³-hybridized carbons (Fsp3) is 0.357. The van der Waals surface area contributed by atoms with Crippen LogP contribution in [-0.2, 0) is 13.0 Å². The van der Waals surface area contributed by atoms with Crippen LogP contribution in [0.25, 0.3) is 11.3 Å². The Labute approximate surface area is 101 Å². The number of hydrogen-bond acceptors (Lipinski definition) is 2. The highest BCUT2D eigenvalue weighted by Crippen LogP contribution is 2.30. The number of para-hydroxylation sites is 1. The molecule has 1 aliphatic heterocycles. The molecule has 1 N–H and O–H groups in total. The molecule has 3 nitrogen and oxygen atoms in total. The van der Waals surface area contributed by atoms with Gasteiger partial charge < -0.3 is 9.67 Å². The Balaban J connectivity index is 2.03. The second kappa shape index (κ2) is 3.91. The predicted octanol–water partition coefficient (Wildman–Crippen LogP) is 2.84. The number of phenolic OH excluding ortho intramolecular Hbond substituents is 1. The van der Waals surface area contributed by atoms with E-state index in [0.29, 0.717) is 11.7 Å². The molecular weight excluding hydrogens is 212 g/mol. The van der Waals surface area contributed by atoms with Crippen molar-refractivity contribution in [3.63, 3.8) is 0 Å². The number of rotatable bonds is 1. The third kappa shape index (κ3) is 1.82. The molecule has 0 amide bonds. The fourth-order valence-corrected chi connectivity index (χ4v) is 2.43. The molecule has 1 aromatic carbocycles. The predicted molar refractivity (Wildman–Crippen MR) is 66.8 cm³/mol. The zero-order valence-corrected chi connectivity index (χ0v) is 9.93. The van der Waals surface area contributed by atoms with E-state index in [2.05, 4.69) is 22.7 Å². The third-order valence-corrected chi connectivity index (χ3v) is 3.41. The van der Waals surface area contributed by atoms with Crippen LogP contribution in [-0.4, -0.2) is 14.7 Å². The van der Waals surface area contributed by atoms with Crippen molar-refractivity contribution in [1.29, 1.82) is 0 Å². The zero-order valence-electron chi connectivity index (χ0n) is 9.93. The van der Waals surface area contributed by atoms with Gasteiger partial charge in [-0.1, -0.05) is 19.1 Å². The summed E-state index contributed by atoms with van der Waals surface area (Å²) in [6.07, 6.45) is 4.30. The van der Waals surface area contributed by atoms with Crippen LogP contribution in [0.2, 0.25) is 0 Å². The molecule has 1 unspecified atom stereocenters. The van der Waals surface area contributed by atoms with Gasteiger partial charge in [0.05, 0.1) is 5.69 Å². The first-order valence-corrected chi connectivity index (χ1v) is 6.08. The van der Waals surface area contributed by atoms with Crippen molar-refractivity contribution in [1.82, 2.24) is 9.55 Å². The number of hydrogen-bond donors (Lipinski definition) is 1. The number of fused-ring (bicyclic) bond motifs is 1. The van der Waals surface area contributed by atoms with Crippen molar-refractivity contribution in [3.8, 4) is 17.0 Å². The summed E-state index contributed by atoms with van der Waals surface area (Å²) < 4.78 is 2.22. The highest BCUT2D eigenvalue weighted by Gasteiger charge is 2.18. The van der Waals surface area contributed by atoms with Gasteiger partial charge in [0.15, 0.2) is 0 Å². The lowest BCUT2D eigenvalue weighted by atomic mass is 10.0. The number of aromatic nitrogens is 2. The molecule has 17 heavy (non-hydrogen) atoms. The lowest BCUT2D eigenvalue weighted by Crippen LogP contribution is -2.17. The van der Waals surface area contributed by atoms with Gasteiger partial charge in [0.2, 0.25) is 0 Å². The van der Waals surface area contributed by atoms with Gasteiger partial charge >= 0.3 is 0 Å². The van der Waals surface area contributed by atoms with Crippen LogP contribution in [0, 0.1) is 5.92 Å². The van der Waals surface area contributed by atoms with Crippen molar-refractivity contribution < 1.29 is 5.11 Å². The van der Waals surface area contributed by atoms with Gasteiger partial charge in [-0.05, 0) is 24.5 Å². The van der Waals surface area contributed by atoms with Crippen LogP contribution in [0.1, 0.15) is 19.2 Å². The van der Waals surface area contributed by atoms with Crippen LogP contribution in [0.4, 0.5) is 0 Å². The summed E-state index contributed by atoms with van der Waals surface area (Å²) in [5.74, 6) is 2.16. The molecule has 2 aromatic rings. The minimum absolute atomic E-state index is 0.302. The normalized spacial score (nSPS) is 19.0. The maximum absolute atomic E-state index is 9.83. The molecule has 88 valence electrons. The quantitative estimate of drug-likeness (QED) is 0.815. The molecule has 0 bridgehead atoms. The number of phenols is 1. The number of nitrogens with zero attached hydrogens (tertiary/aromatic N) is 2. The van der Waals surface area contributed by atoms with E-state index in [1.807, 2.05) is 18.2 Å². The Kier molecular flexibility index (Phi) is 2.39. The smallest absolute Gasteiger partial charge is 0.125 e. The molecule has 2 heterocycles. The summed E-state index contributed by atoms with van der Waals surface area (Å²) in [7, 11) is 0. The number of benzene rings is 1. The van der Waals surface area contributed by atoms with E-state index in [4.69, 9.17) is 0 Å². The maximum Gasteiger partial charge on any atom is 0.125 e. The molecule has 0 saturated carbocycles. The molecule has 1 atom stereocenters. The summed E-state index contributed by atoms with van der Waals surface area (Å²) in [4.78, 5) is 4.62. The topological polar surface area (TPSA) is 38.1 Å². The minimum atomic E-state index is 0.302. The fourth-order valence-electron chi connectivity index (χ4n) is 2.43. The molecule has 0 spiro atoms. The number of aromatic hydroxyl groups is 1. The van der Waals surface area contributed by atoms with E-state index >= 15 is 0 Å². The summed E-state index contributed by atoms with van der Waals surface area (Å²) in [5, 5.41) is 9.83. The van der Waals surface area contributed by atoms with E-state index in [-0.39, 0.29) is 0 Å². The Morgan fingerprint density at radius 3 is 3.00 bits per heavy atom. The van der Waals surface area contributed by atoms with Gasteiger partial charge in [-0.25, -0.2) is 4.98 Å². The summed E-state index contributed by atoms with van der Waals surface area (Å²) in [6.45, 7) is 3.30. The van der Waals surface area contributed by atoms with E-state index in [1.54, 1.807) is 6.07 Å². The Bertz CT molecular complexity index is 545. The lowest BCUT2D eigenvalue weighted by Gasteiger charge is -2.19. The highest BCUT2D eigenvalue weighted by atomic mass is 16.3. The molecule has 1 aliphatic rings. The number of aryl methyl sites for hydroxylation is 1. The molecule has 1 aromatic heterocycles. The molecule has 3 rings (SSSR count). The van der Waals surface area contributed by atoms with E-state index in [1.165, 1.54) is 6.42 Å². The SMILES string of the molecule is CC1CCc2nc(-c3ccccc3O)cn2C1. The Morgan fingerprint density at radius 2 is 2.18 bits per heavy atom. The molecule has 0 saturated heterocycles. The van der Waals surface area contributed by atoms with Crippen LogP contribution in [0.5, 0.6) is 5.75 Å². The first kappa shape index (κ1) is 10.4. The first-order valence-electron chi connectivity index (χ1n) is 6.08. The summed E-state index contributed by atoms with van der Waals surface area (Å²) in [6, 6.07) is 7.37. The zero-order chi connectivity index (χ0) is 11.8. The average Bonchev–Trinajstić information content (AvgIpc) is 2.72. The van der Waals surface area contributed by atoms with Crippen LogP contribution >= 0.6 is 0 Å². The van der Waals surface area contributed by atoms with Crippen molar-refractivity contribution in [2.45, 2.75) is 26.3 Å². The molecule has 0 fully saturated rings. The van der Waals surface area contributed by atoms with Gasteiger partial charge in [0.1, 0.15) is 11.6 Å². The largest absolute Gasteiger partial charge is 0.507 e. The monoisotopic (exact) mass is 228 g/mol.